The minimum Gasteiger partial charge on any atom is -0.491 e. The minimum atomic E-state index is -0.841. The highest BCUT2D eigenvalue weighted by Gasteiger charge is 2.60. The Morgan fingerprint density at radius 1 is 0.506 bits per heavy atom. The SMILES string of the molecule is Cc1cnc(OCCN(C)C)cc1C(=O)NC1(c2cccc3cc(C4CC4(NC(=O)c4nc(OCCN(C)C)ncc4C)c4cccc5cc(C6CC6(NC(=O)c6cc(OCCN(C)C)cnc6C)c6cccc7ccccc67)ccc45)ccc23)CC1. The van der Waals surface area contributed by atoms with E-state index in [-0.39, 0.29) is 41.3 Å². The van der Waals surface area contributed by atoms with Gasteiger partial charge in [0.25, 0.3) is 17.7 Å². The second kappa shape index (κ2) is 23.8. The summed E-state index contributed by atoms with van der Waals surface area (Å²) in [4.78, 5) is 68.2. The van der Waals surface area contributed by atoms with Crippen molar-refractivity contribution in [3.8, 4) is 17.6 Å². The fourth-order valence-corrected chi connectivity index (χ4v) is 12.6. The number of hydrogen-bond donors (Lipinski definition) is 3. The quantitative estimate of drug-likeness (QED) is 0.0552. The highest BCUT2D eigenvalue weighted by Crippen LogP contribution is 2.62. The molecule has 3 aromatic heterocycles. The maximum atomic E-state index is 15.0. The van der Waals surface area contributed by atoms with E-state index in [9.17, 15) is 9.59 Å². The second-order valence-corrected chi connectivity index (χ2v) is 24.8. The molecule has 16 nitrogen and oxygen atoms in total. The molecule has 446 valence electrons. The lowest BCUT2D eigenvalue weighted by molar-refractivity contribution is 0.0915. The van der Waals surface area contributed by atoms with E-state index in [1.165, 1.54) is 0 Å². The average Bonchev–Trinajstić information content (AvgIpc) is 1.58. The molecule has 3 fully saturated rings. The third kappa shape index (κ3) is 11.9. The Morgan fingerprint density at radius 2 is 1.03 bits per heavy atom. The van der Waals surface area contributed by atoms with Gasteiger partial charge in [-0.05, 0) is 166 Å². The summed E-state index contributed by atoms with van der Waals surface area (Å²) in [5.74, 6) is 0.0857. The summed E-state index contributed by atoms with van der Waals surface area (Å²) in [5, 5.41) is 16.9. The van der Waals surface area contributed by atoms with E-state index in [2.05, 4.69) is 140 Å². The molecule has 16 heteroatoms. The fraction of sp³-hybridized carbons (Fsp3) is 0.338. The Bertz CT molecular complexity index is 4120. The standard InChI is InChI=1S/C71H76N10O6/c1-44-41-73-63(86-33-30-80(6)7)38-56(44)65(82)76-69(27-28-69)58-20-13-17-48-35-50(23-25-54(48)58)62-40-71(62,78-67(84)64-45(2)42-74-68(75-64)87-34-31-81(8)9)60-22-14-18-49-36-51(24-26-55(49)60)61-39-70(61,59-21-12-16-47-15-10-11-19-53(47)59)77-66(83)57-37-52(43-72-46(57)3)85-32-29-79(4)5/h10-26,35-38,41-43,61-62H,27-34,39-40H2,1-9H3,(H,76,82)(H,77,83)(H,78,84). The van der Waals surface area contributed by atoms with Gasteiger partial charge in [-0.25, -0.2) is 9.97 Å². The number of aromatic nitrogens is 4. The van der Waals surface area contributed by atoms with Gasteiger partial charge in [-0.2, -0.15) is 4.98 Å². The molecule has 3 N–H and O–H groups in total. The van der Waals surface area contributed by atoms with Crippen LogP contribution in [0.5, 0.6) is 17.6 Å². The molecule has 0 radical (unpaired) electrons. The third-order valence-electron chi connectivity index (χ3n) is 17.7. The molecule has 3 aliphatic carbocycles. The van der Waals surface area contributed by atoms with Gasteiger partial charge in [0.2, 0.25) is 5.88 Å². The number of pyridine rings is 2. The average molecular weight is 1170 g/mol. The highest BCUT2D eigenvalue weighted by molar-refractivity contribution is 6.00. The molecule has 0 aliphatic heterocycles. The van der Waals surface area contributed by atoms with Gasteiger partial charge in [-0.1, -0.05) is 115 Å². The van der Waals surface area contributed by atoms with E-state index < -0.39 is 16.6 Å². The molecule has 87 heavy (non-hydrogen) atoms. The maximum Gasteiger partial charge on any atom is 0.317 e. The second-order valence-electron chi connectivity index (χ2n) is 24.8. The van der Waals surface area contributed by atoms with Crippen LogP contribution >= 0.6 is 0 Å². The van der Waals surface area contributed by atoms with Gasteiger partial charge in [0, 0.05) is 55.5 Å². The van der Waals surface area contributed by atoms with Crippen LogP contribution in [0.1, 0.15) is 113 Å². The number of benzene rings is 6. The first kappa shape index (κ1) is 58.5. The summed E-state index contributed by atoms with van der Waals surface area (Å²) in [6.07, 6.45) is 7.94. The van der Waals surface area contributed by atoms with Crippen molar-refractivity contribution in [2.24, 2.45) is 0 Å². The molecule has 0 saturated heterocycles. The summed E-state index contributed by atoms with van der Waals surface area (Å²) in [5.41, 5.74) is 6.47. The van der Waals surface area contributed by atoms with Crippen molar-refractivity contribution < 1.29 is 28.6 Å². The number of ether oxygens (including phenoxy) is 3. The van der Waals surface area contributed by atoms with Crippen LogP contribution < -0.4 is 30.2 Å². The van der Waals surface area contributed by atoms with Gasteiger partial charge in [0.05, 0.1) is 34.1 Å². The predicted octanol–water partition coefficient (Wildman–Crippen LogP) is 10.5. The number of fused-ring (bicyclic) bond motifs is 3. The Labute approximate surface area is 508 Å². The summed E-state index contributed by atoms with van der Waals surface area (Å²) in [6, 6.07) is 44.3. The topological polar surface area (TPSA) is 176 Å². The molecule has 3 aliphatic rings. The molecule has 4 unspecified atom stereocenters. The summed E-state index contributed by atoms with van der Waals surface area (Å²) in [6.45, 7) is 9.00. The molecule has 3 saturated carbocycles. The molecule has 4 atom stereocenters. The lowest BCUT2D eigenvalue weighted by Gasteiger charge is -2.24. The van der Waals surface area contributed by atoms with E-state index in [1.807, 2.05) is 83.8 Å². The Morgan fingerprint density at radius 3 is 1.67 bits per heavy atom. The highest BCUT2D eigenvalue weighted by atomic mass is 16.5. The zero-order valence-electron chi connectivity index (χ0n) is 51.2. The van der Waals surface area contributed by atoms with Crippen molar-refractivity contribution in [3.05, 3.63) is 207 Å². The molecule has 3 heterocycles. The van der Waals surface area contributed by atoms with E-state index in [0.29, 0.717) is 73.2 Å². The number of carbonyl (C=O) groups excluding carboxylic acids is 3. The van der Waals surface area contributed by atoms with E-state index >= 15 is 4.79 Å². The van der Waals surface area contributed by atoms with Crippen molar-refractivity contribution in [1.29, 1.82) is 0 Å². The first-order valence-corrected chi connectivity index (χ1v) is 30.1. The lowest BCUT2D eigenvalue weighted by Crippen LogP contribution is -2.37. The molecule has 6 aromatic carbocycles. The van der Waals surface area contributed by atoms with Crippen LogP contribution in [0.25, 0.3) is 32.3 Å². The summed E-state index contributed by atoms with van der Waals surface area (Å²) < 4.78 is 17.9. The maximum absolute atomic E-state index is 15.0. The number of nitrogens with one attached hydrogen (secondary N) is 3. The molecule has 12 rings (SSSR count). The van der Waals surface area contributed by atoms with Crippen LogP contribution in [0, 0.1) is 20.8 Å². The minimum absolute atomic E-state index is 0.0684. The van der Waals surface area contributed by atoms with Gasteiger partial charge < -0.3 is 44.9 Å². The molecular weight excluding hydrogens is 1090 g/mol. The number of aryl methyl sites for hydroxylation is 3. The van der Waals surface area contributed by atoms with Gasteiger partial charge in [0.15, 0.2) is 0 Å². The van der Waals surface area contributed by atoms with E-state index in [0.717, 1.165) is 91.6 Å². The number of likely N-dealkylation sites (N-methyl/N-ethyl adjacent to an activating group) is 3. The van der Waals surface area contributed by atoms with Crippen LogP contribution in [0.2, 0.25) is 0 Å². The molecule has 0 spiro atoms. The summed E-state index contributed by atoms with van der Waals surface area (Å²) >= 11 is 0. The predicted molar refractivity (Wildman–Crippen MR) is 340 cm³/mol. The normalized spacial score (nSPS) is 19.1. The molecular formula is C71H76N10O6. The van der Waals surface area contributed by atoms with Crippen molar-refractivity contribution >= 4 is 50.0 Å². The fourth-order valence-electron chi connectivity index (χ4n) is 12.6. The summed E-state index contributed by atoms with van der Waals surface area (Å²) in [7, 11) is 11.9. The van der Waals surface area contributed by atoms with Crippen molar-refractivity contribution in [2.45, 2.75) is 74.9 Å². The molecule has 9 aromatic rings. The number of nitrogens with zero attached hydrogens (tertiary/aromatic N) is 7. The number of hydrogen-bond acceptors (Lipinski definition) is 13. The Balaban J connectivity index is 0.881. The van der Waals surface area contributed by atoms with Gasteiger partial charge >= 0.3 is 6.01 Å². The van der Waals surface area contributed by atoms with Gasteiger partial charge in [-0.3, -0.25) is 19.4 Å². The van der Waals surface area contributed by atoms with E-state index in [4.69, 9.17) is 19.2 Å². The first-order valence-electron chi connectivity index (χ1n) is 30.1. The number of rotatable bonds is 23. The zero-order valence-corrected chi connectivity index (χ0v) is 51.2. The smallest absolute Gasteiger partial charge is 0.317 e. The monoisotopic (exact) mass is 1160 g/mol. The van der Waals surface area contributed by atoms with Crippen LogP contribution in [0.4, 0.5) is 0 Å². The molecule has 0 bridgehead atoms. The van der Waals surface area contributed by atoms with Gasteiger partial charge in [-0.15, -0.1) is 0 Å². The lowest BCUT2D eigenvalue weighted by atomic mass is 9.89. The van der Waals surface area contributed by atoms with Crippen LogP contribution in [0.15, 0.2) is 146 Å². The van der Waals surface area contributed by atoms with E-state index in [1.54, 1.807) is 30.7 Å². The zero-order chi connectivity index (χ0) is 60.8. The largest absolute Gasteiger partial charge is 0.491 e. The van der Waals surface area contributed by atoms with Crippen molar-refractivity contribution in [2.75, 3.05) is 81.7 Å². The number of amides is 3. The van der Waals surface area contributed by atoms with Crippen LogP contribution in [-0.4, -0.2) is 134 Å². The van der Waals surface area contributed by atoms with Crippen LogP contribution in [0.3, 0.4) is 0 Å². The number of carbonyl (C=O) groups is 3. The van der Waals surface area contributed by atoms with Gasteiger partial charge in [0.1, 0.15) is 31.3 Å². The molecule has 3 amide bonds. The Kier molecular flexibility index (Phi) is 16.0. The van der Waals surface area contributed by atoms with Crippen molar-refractivity contribution in [1.82, 2.24) is 50.6 Å². The first-order chi connectivity index (χ1) is 41.9. The van der Waals surface area contributed by atoms with Crippen molar-refractivity contribution in [3.63, 3.8) is 0 Å². The Hall–Kier alpha value is -8.83. The third-order valence-corrected chi connectivity index (χ3v) is 17.7. The van der Waals surface area contributed by atoms with Crippen LogP contribution in [-0.2, 0) is 16.6 Å².